The molecule has 0 spiro atoms. The second-order valence-corrected chi connectivity index (χ2v) is 6.66. The van der Waals surface area contributed by atoms with Crippen LogP contribution in [0.25, 0.3) is 0 Å². The van der Waals surface area contributed by atoms with E-state index in [9.17, 15) is 4.79 Å². The van der Waals surface area contributed by atoms with Crippen molar-refractivity contribution in [3.63, 3.8) is 0 Å². The first-order chi connectivity index (χ1) is 10.2. The maximum atomic E-state index is 12.4. The van der Waals surface area contributed by atoms with Gasteiger partial charge in [0.1, 0.15) is 6.04 Å². The Hall–Kier alpha value is -1.51. The molecule has 3 unspecified atom stereocenters. The van der Waals surface area contributed by atoms with Crippen LogP contribution in [0, 0.1) is 11.8 Å². The predicted molar refractivity (Wildman–Crippen MR) is 86.3 cm³/mol. The maximum Gasteiger partial charge on any atom is 0.242 e. The highest BCUT2D eigenvalue weighted by molar-refractivity contribution is 5.85. The number of hydrogen-bond acceptors (Lipinski definition) is 2. The normalized spacial score (nSPS) is 28.3. The van der Waals surface area contributed by atoms with Crippen molar-refractivity contribution in [1.29, 1.82) is 0 Å². The Balaban J connectivity index is 1.52. The van der Waals surface area contributed by atoms with Crippen LogP contribution in [0.15, 0.2) is 24.3 Å². The molecule has 3 atom stereocenters. The van der Waals surface area contributed by atoms with Crippen molar-refractivity contribution in [2.24, 2.45) is 11.8 Å². The quantitative estimate of drug-likeness (QED) is 0.894. The number of benzene rings is 1. The van der Waals surface area contributed by atoms with Crippen LogP contribution in [0.3, 0.4) is 0 Å². The second kappa shape index (κ2) is 6.50. The van der Waals surface area contributed by atoms with E-state index in [1.807, 2.05) is 6.07 Å². The van der Waals surface area contributed by atoms with Gasteiger partial charge in [-0.25, -0.2) is 0 Å². The monoisotopic (exact) mass is 286 g/mol. The predicted octanol–water partition coefficient (Wildman–Crippen LogP) is 3.36. The zero-order valence-electron chi connectivity index (χ0n) is 12.9. The lowest BCUT2D eigenvalue weighted by molar-refractivity contribution is -0.122. The molecular formula is C18H26N2O. The number of fused-ring (bicyclic) bond motifs is 1. The van der Waals surface area contributed by atoms with E-state index < -0.39 is 0 Å². The summed E-state index contributed by atoms with van der Waals surface area (Å²) in [5, 5.41) is 6.57. The first-order valence-corrected chi connectivity index (χ1v) is 8.36. The van der Waals surface area contributed by atoms with Crippen LogP contribution in [0.4, 0.5) is 5.69 Å². The van der Waals surface area contributed by atoms with Crippen molar-refractivity contribution in [2.75, 3.05) is 11.9 Å². The Morgan fingerprint density at radius 1 is 1.24 bits per heavy atom. The molecule has 1 amide bonds. The number of para-hydroxylation sites is 1. The number of hydrogen-bond donors (Lipinski definition) is 2. The highest BCUT2D eigenvalue weighted by atomic mass is 16.2. The zero-order chi connectivity index (χ0) is 14.7. The first-order valence-electron chi connectivity index (χ1n) is 8.36. The van der Waals surface area contributed by atoms with Crippen LogP contribution in [0.5, 0.6) is 0 Å². The van der Waals surface area contributed by atoms with Crippen LogP contribution >= 0.6 is 0 Å². The van der Waals surface area contributed by atoms with Crippen molar-refractivity contribution >= 4 is 11.6 Å². The van der Waals surface area contributed by atoms with Gasteiger partial charge in [0.25, 0.3) is 0 Å². The highest BCUT2D eigenvalue weighted by Crippen LogP contribution is 2.29. The van der Waals surface area contributed by atoms with Gasteiger partial charge in [-0.05, 0) is 42.7 Å². The summed E-state index contributed by atoms with van der Waals surface area (Å²) < 4.78 is 0. The molecule has 0 saturated heterocycles. The molecule has 1 aliphatic carbocycles. The average Bonchev–Trinajstić information content (AvgIpc) is 2.53. The van der Waals surface area contributed by atoms with Gasteiger partial charge in [0, 0.05) is 12.2 Å². The lowest BCUT2D eigenvalue weighted by atomic mass is 9.80. The molecule has 3 nitrogen and oxygen atoms in total. The Labute approximate surface area is 127 Å². The van der Waals surface area contributed by atoms with Crippen LogP contribution < -0.4 is 10.6 Å². The smallest absolute Gasteiger partial charge is 0.242 e. The van der Waals surface area contributed by atoms with Gasteiger partial charge in [0.15, 0.2) is 0 Å². The second-order valence-electron chi connectivity index (χ2n) is 6.66. The molecule has 0 bridgehead atoms. The molecule has 2 aliphatic rings. The van der Waals surface area contributed by atoms with Crippen LogP contribution in [0.1, 0.15) is 44.6 Å². The molecule has 2 N–H and O–H groups in total. The minimum atomic E-state index is -0.0706. The number of aryl methyl sites for hydroxylation is 1. The topological polar surface area (TPSA) is 41.1 Å². The summed E-state index contributed by atoms with van der Waals surface area (Å²) in [4.78, 5) is 12.4. The van der Waals surface area contributed by atoms with Gasteiger partial charge in [-0.1, -0.05) is 44.4 Å². The molecule has 3 rings (SSSR count). The van der Waals surface area contributed by atoms with E-state index in [-0.39, 0.29) is 11.9 Å². The minimum absolute atomic E-state index is 0.0706. The largest absolute Gasteiger partial charge is 0.373 e. The third kappa shape index (κ3) is 3.39. The van der Waals surface area contributed by atoms with Crippen molar-refractivity contribution in [2.45, 2.75) is 51.5 Å². The molecule has 1 aliphatic heterocycles. The third-order valence-electron chi connectivity index (χ3n) is 5.19. The molecule has 0 aromatic heterocycles. The Bertz CT molecular complexity index is 500. The van der Waals surface area contributed by atoms with E-state index in [0.717, 1.165) is 31.0 Å². The summed E-state index contributed by atoms with van der Waals surface area (Å²) in [5.74, 6) is 1.58. The molecule has 1 aromatic rings. The van der Waals surface area contributed by atoms with Crippen LogP contribution in [-0.4, -0.2) is 18.5 Å². The van der Waals surface area contributed by atoms with Gasteiger partial charge in [-0.15, -0.1) is 0 Å². The number of carbonyl (C=O) groups is 1. The van der Waals surface area contributed by atoms with Crippen molar-refractivity contribution in [3.8, 4) is 0 Å². The lowest BCUT2D eigenvalue weighted by Crippen LogP contribution is -2.44. The van der Waals surface area contributed by atoms with E-state index >= 15 is 0 Å². The maximum absolute atomic E-state index is 12.4. The summed E-state index contributed by atoms with van der Waals surface area (Å²) in [5.41, 5.74) is 2.44. The van der Waals surface area contributed by atoms with E-state index in [2.05, 4.69) is 35.8 Å². The molecule has 1 fully saturated rings. The van der Waals surface area contributed by atoms with Crippen LogP contribution in [-0.2, 0) is 11.2 Å². The SMILES string of the molecule is CC1CCCCC1CNC(=O)C1CCc2ccccc2N1. The standard InChI is InChI=1S/C18H26N2O/c1-13-6-2-3-8-15(13)12-19-18(21)17-11-10-14-7-4-5-9-16(14)20-17/h4-5,7,9,13,15,17,20H,2-3,6,8,10-12H2,1H3,(H,19,21). The number of anilines is 1. The number of nitrogens with one attached hydrogen (secondary N) is 2. The molecule has 0 radical (unpaired) electrons. The van der Waals surface area contributed by atoms with Gasteiger partial charge in [-0.2, -0.15) is 0 Å². The van der Waals surface area contributed by atoms with Gasteiger partial charge in [-0.3, -0.25) is 4.79 Å². The van der Waals surface area contributed by atoms with Crippen molar-refractivity contribution in [3.05, 3.63) is 29.8 Å². The molecule has 3 heteroatoms. The Morgan fingerprint density at radius 2 is 2.05 bits per heavy atom. The molecule has 21 heavy (non-hydrogen) atoms. The molecule has 1 aromatic carbocycles. The summed E-state index contributed by atoms with van der Waals surface area (Å²) in [6.45, 7) is 3.17. The zero-order valence-corrected chi connectivity index (χ0v) is 12.9. The summed E-state index contributed by atoms with van der Waals surface area (Å²) in [6, 6.07) is 8.22. The fraction of sp³-hybridized carbons (Fsp3) is 0.611. The molecule has 1 saturated carbocycles. The van der Waals surface area contributed by atoms with Gasteiger partial charge >= 0.3 is 0 Å². The fourth-order valence-electron chi connectivity index (χ4n) is 3.69. The summed E-state index contributed by atoms with van der Waals surface area (Å²) >= 11 is 0. The fourth-order valence-corrected chi connectivity index (χ4v) is 3.69. The minimum Gasteiger partial charge on any atom is -0.373 e. The van der Waals surface area contributed by atoms with E-state index in [1.54, 1.807) is 0 Å². The van der Waals surface area contributed by atoms with E-state index in [0.29, 0.717) is 5.92 Å². The average molecular weight is 286 g/mol. The summed E-state index contributed by atoms with van der Waals surface area (Å²) in [7, 11) is 0. The molecule has 1 heterocycles. The number of amides is 1. The molecule has 114 valence electrons. The number of carbonyl (C=O) groups excluding carboxylic acids is 1. The van der Waals surface area contributed by atoms with E-state index in [4.69, 9.17) is 0 Å². The van der Waals surface area contributed by atoms with Crippen molar-refractivity contribution < 1.29 is 4.79 Å². The lowest BCUT2D eigenvalue weighted by Gasteiger charge is -2.30. The van der Waals surface area contributed by atoms with Gasteiger partial charge < -0.3 is 10.6 Å². The Morgan fingerprint density at radius 3 is 2.90 bits per heavy atom. The van der Waals surface area contributed by atoms with Gasteiger partial charge in [0.05, 0.1) is 0 Å². The molecular weight excluding hydrogens is 260 g/mol. The highest BCUT2D eigenvalue weighted by Gasteiger charge is 2.26. The Kier molecular flexibility index (Phi) is 4.47. The van der Waals surface area contributed by atoms with E-state index in [1.165, 1.54) is 31.2 Å². The van der Waals surface area contributed by atoms with Gasteiger partial charge in [0.2, 0.25) is 5.91 Å². The third-order valence-corrected chi connectivity index (χ3v) is 5.19. The first kappa shape index (κ1) is 14.4. The number of rotatable bonds is 3. The van der Waals surface area contributed by atoms with Crippen molar-refractivity contribution in [1.82, 2.24) is 5.32 Å². The summed E-state index contributed by atoms with van der Waals surface area (Å²) in [6.07, 6.45) is 7.13. The van der Waals surface area contributed by atoms with Crippen LogP contribution in [0.2, 0.25) is 0 Å².